The molecular formula is C26H30N8OS. The van der Waals surface area contributed by atoms with E-state index < -0.39 is 0 Å². The van der Waals surface area contributed by atoms with Crippen LogP contribution in [0.1, 0.15) is 69.6 Å². The van der Waals surface area contributed by atoms with Gasteiger partial charge in [0.15, 0.2) is 17.3 Å². The van der Waals surface area contributed by atoms with Crippen molar-refractivity contribution in [3.8, 4) is 11.4 Å². The molecule has 0 radical (unpaired) electrons. The fourth-order valence-corrected chi connectivity index (χ4v) is 4.90. The van der Waals surface area contributed by atoms with Crippen LogP contribution in [0, 0.1) is 0 Å². The number of hydrogen-bond acceptors (Lipinski definition) is 9. The van der Waals surface area contributed by atoms with Crippen LogP contribution in [0.4, 0.5) is 5.82 Å². The normalized spacial score (nSPS) is 13.5. The average Bonchev–Trinajstić information content (AvgIpc) is 3.73. The first-order chi connectivity index (χ1) is 17.5. The van der Waals surface area contributed by atoms with Gasteiger partial charge < -0.3 is 5.32 Å². The summed E-state index contributed by atoms with van der Waals surface area (Å²) in [4.78, 5) is 42.3. The zero-order valence-electron chi connectivity index (χ0n) is 21.0. The van der Waals surface area contributed by atoms with Gasteiger partial charge in [-0.2, -0.15) is 0 Å². The first-order valence-electron chi connectivity index (χ1n) is 12.4. The van der Waals surface area contributed by atoms with Gasteiger partial charge in [0.2, 0.25) is 0 Å². The quantitative estimate of drug-likeness (QED) is 0.323. The number of nitrogens with zero attached hydrogens (tertiary/aromatic N) is 7. The van der Waals surface area contributed by atoms with Crippen LogP contribution >= 0.6 is 11.8 Å². The highest BCUT2D eigenvalue weighted by Crippen LogP contribution is 2.43. The van der Waals surface area contributed by atoms with E-state index >= 15 is 0 Å². The van der Waals surface area contributed by atoms with Crippen LogP contribution in [0.3, 0.4) is 0 Å². The summed E-state index contributed by atoms with van der Waals surface area (Å²) in [6.07, 6.45) is 8.16. The number of aromatic nitrogens is 7. The fraction of sp³-hybridized carbons (Fsp3) is 0.423. The Hall–Kier alpha value is -3.40. The van der Waals surface area contributed by atoms with Gasteiger partial charge in [-0.15, -0.1) is 11.8 Å². The van der Waals surface area contributed by atoms with Gasteiger partial charge >= 0.3 is 0 Å². The summed E-state index contributed by atoms with van der Waals surface area (Å²) < 4.78 is 1.68. The molecular weight excluding hydrogens is 472 g/mol. The minimum Gasteiger partial charge on any atom is -0.360 e. The number of fused-ring (bicyclic) bond motifs is 1. The molecule has 4 heterocycles. The van der Waals surface area contributed by atoms with Crippen molar-refractivity contribution in [2.45, 2.75) is 70.4 Å². The molecule has 0 aliphatic heterocycles. The van der Waals surface area contributed by atoms with Crippen molar-refractivity contribution in [3.05, 3.63) is 58.3 Å². The van der Waals surface area contributed by atoms with Gasteiger partial charge in [-0.25, -0.2) is 24.9 Å². The molecule has 0 bridgehead atoms. The topological polar surface area (TPSA) is 111 Å². The van der Waals surface area contributed by atoms with E-state index in [-0.39, 0.29) is 17.4 Å². The Morgan fingerprint density at radius 2 is 1.92 bits per heavy atom. The first-order valence-corrected chi connectivity index (χ1v) is 13.4. The highest BCUT2D eigenvalue weighted by atomic mass is 32.2. The summed E-state index contributed by atoms with van der Waals surface area (Å²) >= 11 is 1.74. The van der Waals surface area contributed by atoms with E-state index in [2.05, 4.69) is 44.1 Å². The van der Waals surface area contributed by atoms with Gasteiger partial charge in [-0.1, -0.05) is 13.8 Å². The van der Waals surface area contributed by atoms with Crippen LogP contribution in [0.2, 0.25) is 0 Å². The molecule has 5 rings (SSSR count). The number of hydrogen-bond donors (Lipinski definition) is 1. The minimum absolute atomic E-state index is 0.115. The Morgan fingerprint density at radius 1 is 1.08 bits per heavy atom. The Balaban J connectivity index is 1.53. The van der Waals surface area contributed by atoms with E-state index in [9.17, 15) is 4.79 Å². The summed E-state index contributed by atoms with van der Waals surface area (Å²) in [5.74, 6) is 2.23. The third kappa shape index (κ3) is 4.82. The number of rotatable bonds is 9. The monoisotopic (exact) mass is 502 g/mol. The predicted molar refractivity (Wildman–Crippen MR) is 142 cm³/mol. The van der Waals surface area contributed by atoms with E-state index in [4.69, 9.17) is 4.98 Å². The second-order valence-corrected chi connectivity index (χ2v) is 10.4. The molecule has 1 fully saturated rings. The van der Waals surface area contributed by atoms with Gasteiger partial charge in [-0.05, 0) is 51.0 Å². The largest absolute Gasteiger partial charge is 0.360 e. The number of nitrogens with one attached hydrogen (secondary N) is 1. The lowest BCUT2D eigenvalue weighted by Crippen LogP contribution is -2.27. The SMILES string of the molecule is CCSc1ccc(CNc2nc3cnc(-c4c(CC)ncnc4C4CC4)nc3n(C(C)C)c2=O)nc1. The van der Waals surface area contributed by atoms with Gasteiger partial charge in [-0.3, -0.25) is 14.3 Å². The van der Waals surface area contributed by atoms with Crippen molar-refractivity contribution >= 4 is 28.7 Å². The van der Waals surface area contributed by atoms with Crippen molar-refractivity contribution in [1.82, 2.24) is 34.5 Å². The Bertz CT molecular complexity index is 1450. The zero-order valence-corrected chi connectivity index (χ0v) is 21.8. The smallest absolute Gasteiger partial charge is 0.295 e. The summed E-state index contributed by atoms with van der Waals surface area (Å²) in [6, 6.07) is 3.89. The van der Waals surface area contributed by atoms with Crippen LogP contribution in [0.25, 0.3) is 22.6 Å². The molecule has 0 saturated heterocycles. The molecule has 1 aliphatic carbocycles. The maximum absolute atomic E-state index is 13.5. The van der Waals surface area contributed by atoms with Crippen LogP contribution < -0.4 is 10.9 Å². The maximum Gasteiger partial charge on any atom is 0.295 e. The molecule has 1 saturated carbocycles. The molecule has 4 aromatic heterocycles. The minimum atomic E-state index is -0.220. The third-order valence-corrected chi connectivity index (χ3v) is 7.03. The van der Waals surface area contributed by atoms with Gasteiger partial charge in [0, 0.05) is 23.1 Å². The third-order valence-electron chi connectivity index (χ3n) is 6.17. The lowest BCUT2D eigenvalue weighted by molar-refractivity contribution is 0.593. The van der Waals surface area contributed by atoms with Crippen molar-refractivity contribution in [2.75, 3.05) is 11.1 Å². The molecule has 0 amide bonds. The molecule has 36 heavy (non-hydrogen) atoms. The second kappa shape index (κ2) is 10.3. The molecule has 1 aliphatic rings. The highest BCUT2D eigenvalue weighted by molar-refractivity contribution is 7.99. The molecule has 10 heteroatoms. The predicted octanol–water partition coefficient (Wildman–Crippen LogP) is 4.78. The summed E-state index contributed by atoms with van der Waals surface area (Å²) in [5, 5.41) is 3.18. The van der Waals surface area contributed by atoms with Gasteiger partial charge in [0.1, 0.15) is 11.8 Å². The summed E-state index contributed by atoms with van der Waals surface area (Å²) in [6.45, 7) is 8.51. The molecule has 0 aromatic carbocycles. The molecule has 4 aromatic rings. The molecule has 0 unspecified atom stereocenters. The first kappa shape index (κ1) is 24.3. The second-order valence-electron chi connectivity index (χ2n) is 9.11. The Labute approximate surface area is 214 Å². The van der Waals surface area contributed by atoms with Crippen molar-refractivity contribution in [3.63, 3.8) is 0 Å². The molecule has 186 valence electrons. The number of pyridine rings is 1. The Kier molecular flexibility index (Phi) is 6.95. The van der Waals surface area contributed by atoms with Crippen LogP contribution in [0.5, 0.6) is 0 Å². The summed E-state index contributed by atoms with van der Waals surface area (Å²) in [5.41, 5.74) is 4.50. The molecule has 0 spiro atoms. The lowest BCUT2D eigenvalue weighted by Gasteiger charge is -2.16. The Morgan fingerprint density at radius 3 is 2.58 bits per heavy atom. The molecule has 9 nitrogen and oxygen atoms in total. The number of aryl methyl sites for hydroxylation is 1. The van der Waals surface area contributed by atoms with E-state index in [0.717, 1.165) is 52.6 Å². The molecule has 1 N–H and O–H groups in total. The van der Waals surface area contributed by atoms with E-state index in [1.807, 2.05) is 32.2 Å². The van der Waals surface area contributed by atoms with Crippen molar-refractivity contribution in [2.24, 2.45) is 0 Å². The van der Waals surface area contributed by atoms with Gasteiger partial charge in [0.25, 0.3) is 5.56 Å². The average molecular weight is 503 g/mol. The van der Waals surface area contributed by atoms with Crippen molar-refractivity contribution < 1.29 is 0 Å². The number of thioether (sulfide) groups is 1. The lowest BCUT2D eigenvalue weighted by atomic mass is 10.1. The van der Waals surface area contributed by atoms with E-state index in [1.165, 1.54) is 0 Å². The van der Waals surface area contributed by atoms with E-state index in [0.29, 0.717) is 29.5 Å². The van der Waals surface area contributed by atoms with Crippen LogP contribution in [-0.2, 0) is 13.0 Å². The maximum atomic E-state index is 13.5. The highest BCUT2D eigenvalue weighted by Gasteiger charge is 2.30. The standard InChI is InChI=1S/C26H30N8OS/c1-5-19-21(22(16-7-8-16)31-14-30-19)23-29-13-20-25(33-23)34(15(3)4)26(35)24(32-20)28-11-17-9-10-18(12-27-17)36-6-2/h9-10,12-16H,5-8,11H2,1-4H3,(H,28,32). The summed E-state index contributed by atoms with van der Waals surface area (Å²) in [7, 11) is 0. The number of anilines is 1. The van der Waals surface area contributed by atoms with Crippen molar-refractivity contribution in [1.29, 1.82) is 0 Å². The van der Waals surface area contributed by atoms with Crippen LogP contribution in [0.15, 0.2) is 40.5 Å². The van der Waals surface area contributed by atoms with Gasteiger partial charge in [0.05, 0.1) is 35.4 Å². The van der Waals surface area contributed by atoms with E-state index in [1.54, 1.807) is 28.9 Å². The zero-order chi connectivity index (χ0) is 25.2. The van der Waals surface area contributed by atoms with Crippen LogP contribution in [-0.4, -0.2) is 40.2 Å². The fourth-order valence-electron chi connectivity index (χ4n) is 4.27. The molecule has 0 atom stereocenters.